The van der Waals surface area contributed by atoms with Gasteiger partial charge in [-0.2, -0.15) is 0 Å². The van der Waals surface area contributed by atoms with E-state index in [-0.39, 0.29) is 30.9 Å². The Bertz CT molecular complexity index is 1410. The van der Waals surface area contributed by atoms with E-state index in [9.17, 15) is 25.2 Å². The van der Waals surface area contributed by atoms with Crippen LogP contribution in [0.15, 0.2) is 4.99 Å². The lowest BCUT2D eigenvalue weighted by atomic mass is 9.73. The molecule has 2 unspecified atom stereocenters. The molecule has 4 N–H and O–H groups in total. The predicted octanol–water partition coefficient (Wildman–Crippen LogP) is 4.62. The molecule has 0 spiro atoms. The number of methoxy groups -OCH3 is 3. The Kier molecular flexibility index (Phi) is 17.7. The third-order valence-electron chi connectivity index (χ3n) is 14.7. The number of rotatable bonds is 10. The number of aliphatic hydroxyl groups excluding tert-OH is 3. The van der Waals surface area contributed by atoms with Crippen molar-refractivity contribution in [3.63, 3.8) is 0 Å². The molecule has 0 bridgehead atoms. The highest BCUT2D eigenvalue weighted by Crippen LogP contribution is 2.43. The molecule has 0 aromatic carbocycles. The number of nitrogens with zero attached hydrogens (tertiary/aromatic N) is 2. The smallest absolute Gasteiger partial charge is 0.311 e. The summed E-state index contributed by atoms with van der Waals surface area (Å²) in [5.41, 5.74) is -4.25. The average Bonchev–Trinajstić information content (AvgIpc) is 3.21. The van der Waals surface area contributed by atoms with E-state index in [1.807, 2.05) is 53.6 Å². The van der Waals surface area contributed by atoms with Gasteiger partial charge in [0.1, 0.15) is 23.9 Å². The van der Waals surface area contributed by atoms with E-state index in [2.05, 4.69) is 0 Å². The van der Waals surface area contributed by atoms with Crippen molar-refractivity contribution in [3.8, 4) is 0 Å². The summed E-state index contributed by atoms with van der Waals surface area (Å²) in [4.78, 5) is 21.9. The maximum absolute atomic E-state index is 14.5. The minimum absolute atomic E-state index is 0.147. The van der Waals surface area contributed by atoms with Gasteiger partial charge >= 0.3 is 5.97 Å². The zero-order chi connectivity index (χ0) is 45.1. The molecule has 18 atom stereocenters. The molecule has 350 valence electrons. The molecule has 60 heavy (non-hydrogen) atoms. The van der Waals surface area contributed by atoms with Crippen molar-refractivity contribution in [2.45, 2.75) is 217 Å². The zero-order valence-electron chi connectivity index (χ0n) is 39.4. The molecule has 4 fully saturated rings. The number of hydrogen-bond acceptors (Lipinski definition) is 15. The van der Waals surface area contributed by atoms with E-state index in [1.165, 1.54) is 14.0 Å². The molecule has 15 heteroatoms. The van der Waals surface area contributed by atoms with Crippen LogP contribution >= 0.6 is 0 Å². The SMILES string of the molecule is CCC1OC(=O)[C@H](C)C(O[C@H]2C[C@@](C)(OC)[C@@H](O)[C@H](C)O2)[C@H](C)[C@@H](O[C@@H]2O[C@H](C)C[C@H](N(C)C)[C@H]2O)[C@](C)(OC)C[C@@H](C)/C(=N\C2(OC)CCCCC2)[C@H](C)[C@@H](O)[C@]1(C)O. The molecule has 4 aliphatic rings. The van der Waals surface area contributed by atoms with Gasteiger partial charge in [-0.25, -0.2) is 0 Å². The van der Waals surface area contributed by atoms with Crippen LogP contribution in [-0.4, -0.2) is 162 Å². The summed E-state index contributed by atoms with van der Waals surface area (Å²) in [6.45, 7) is 18.2. The summed E-state index contributed by atoms with van der Waals surface area (Å²) in [6, 6.07) is -0.267. The van der Waals surface area contributed by atoms with Crippen LogP contribution in [0.1, 0.15) is 127 Å². The minimum atomic E-state index is -1.88. The second kappa shape index (κ2) is 20.7. The van der Waals surface area contributed by atoms with Gasteiger partial charge in [-0.1, -0.05) is 34.1 Å². The number of carbonyl (C=O) groups is 1. The molecular weight excluding hydrogens is 776 g/mol. The zero-order valence-corrected chi connectivity index (χ0v) is 39.4. The lowest BCUT2D eigenvalue weighted by Gasteiger charge is -2.50. The molecule has 3 saturated heterocycles. The first kappa shape index (κ1) is 51.3. The standard InChI is InChI=1S/C45H82N2O13/c1-16-32-44(10,52)37(49)27(4)34(46-45(55-15)20-18-17-19-21-45)25(2)23-43(9,54-14)39(60-41-35(48)31(47(11)12)22-26(3)56-41)28(5)36(29(6)40(51)58-32)59-33-24-42(8,53-13)38(50)30(7)57-33/h25-33,35-39,41,48-50,52H,16-24H2,1-15H3/b46-34+/t25-,26-,27+,28+,29-,30+,31+,32?,33+,35-,36?,37-,38+,39-,41+,42-,43-,44-/m1/s1. The molecule has 1 saturated carbocycles. The summed E-state index contributed by atoms with van der Waals surface area (Å²) in [6.07, 6.45) is -3.67. The summed E-state index contributed by atoms with van der Waals surface area (Å²) in [5.74, 6) is -3.40. The first-order valence-corrected chi connectivity index (χ1v) is 22.4. The highest BCUT2D eigenvalue weighted by atomic mass is 16.7. The molecule has 1 aliphatic carbocycles. The van der Waals surface area contributed by atoms with Gasteiger partial charge in [-0.05, 0) is 107 Å². The second-order valence-electron chi connectivity index (χ2n) is 19.5. The van der Waals surface area contributed by atoms with Crippen LogP contribution in [0.5, 0.6) is 0 Å². The fraction of sp³-hybridized carbons (Fsp3) is 0.956. The Hall–Kier alpha value is -1.34. The lowest BCUT2D eigenvalue weighted by molar-refractivity contribution is -0.319. The van der Waals surface area contributed by atoms with Crippen LogP contribution < -0.4 is 0 Å². The second-order valence-corrected chi connectivity index (χ2v) is 19.5. The third-order valence-corrected chi connectivity index (χ3v) is 14.7. The van der Waals surface area contributed by atoms with E-state index < -0.39 is 102 Å². The van der Waals surface area contributed by atoms with E-state index >= 15 is 0 Å². The molecule has 4 rings (SSSR count). The minimum Gasteiger partial charge on any atom is -0.459 e. The van der Waals surface area contributed by atoms with Crippen molar-refractivity contribution >= 4 is 11.7 Å². The Morgan fingerprint density at radius 2 is 1.43 bits per heavy atom. The van der Waals surface area contributed by atoms with Gasteiger partial charge in [0, 0.05) is 51.3 Å². The van der Waals surface area contributed by atoms with Gasteiger partial charge in [0.2, 0.25) is 0 Å². The van der Waals surface area contributed by atoms with E-state index in [1.54, 1.807) is 41.9 Å². The number of ether oxygens (including phenoxy) is 8. The van der Waals surface area contributed by atoms with Gasteiger partial charge in [0.05, 0.1) is 47.6 Å². The van der Waals surface area contributed by atoms with Crippen LogP contribution in [0.4, 0.5) is 0 Å². The molecule has 3 heterocycles. The maximum atomic E-state index is 14.5. The molecular formula is C45H82N2O13. The Morgan fingerprint density at radius 1 is 0.817 bits per heavy atom. The van der Waals surface area contributed by atoms with Crippen LogP contribution in [0, 0.1) is 23.7 Å². The largest absolute Gasteiger partial charge is 0.459 e. The van der Waals surface area contributed by atoms with Crippen molar-refractivity contribution in [1.29, 1.82) is 0 Å². The average molecular weight is 859 g/mol. The number of carbonyl (C=O) groups excluding carboxylic acids is 1. The Morgan fingerprint density at radius 3 is 1.98 bits per heavy atom. The van der Waals surface area contributed by atoms with Crippen molar-refractivity contribution in [1.82, 2.24) is 4.90 Å². The molecule has 0 radical (unpaired) electrons. The molecule has 0 amide bonds. The normalized spacial score (nSPS) is 47.2. The monoisotopic (exact) mass is 859 g/mol. The lowest BCUT2D eigenvalue weighted by Crippen LogP contribution is -2.61. The van der Waals surface area contributed by atoms with Crippen LogP contribution in [0.2, 0.25) is 0 Å². The summed E-state index contributed by atoms with van der Waals surface area (Å²) >= 11 is 0. The van der Waals surface area contributed by atoms with Gasteiger partial charge in [0.25, 0.3) is 0 Å². The van der Waals surface area contributed by atoms with Crippen LogP contribution in [0.3, 0.4) is 0 Å². The number of aliphatic hydroxyl groups is 4. The fourth-order valence-electron chi connectivity index (χ4n) is 10.5. The Balaban J connectivity index is 1.95. The molecule has 0 aromatic heterocycles. The topological polar surface area (TPSA) is 187 Å². The Labute approximate surface area is 360 Å². The van der Waals surface area contributed by atoms with Crippen LogP contribution in [-0.2, 0) is 42.7 Å². The third kappa shape index (κ3) is 10.9. The van der Waals surface area contributed by atoms with Gasteiger partial charge < -0.3 is 63.2 Å². The number of hydrogen-bond donors (Lipinski definition) is 4. The van der Waals surface area contributed by atoms with E-state index in [4.69, 9.17) is 42.9 Å². The number of likely N-dealkylation sites (N-methyl/N-ethyl adjacent to an activating group) is 1. The number of esters is 1. The molecule has 0 aromatic rings. The van der Waals surface area contributed by atoms with Gasteiger partial charge in [0.15, 0.2) is 18.3 Å². The van der Waals surface area contributed by atoms with E-state index in [0.29, 0.717) is 31.4 Å². The van der Waals surface area contributed by atoms with Crippen molar-refractivity contribution in [3.05, 3.63) is 0 Å². The summed E-state index contributed by atoms with van der Waals surface area (Å²) in [5, 5.41) is 47.3. The molecule has 3 aliphatic heterocycles. The first-order chi connectivity index (χ1) is 27.9. The first-order valence-electron chi connectivity index (χ1n) is 22.4. The fourth-order valence-corrected chi connectivity index (χ4v) is 10.5. The van der Waals surface area contributed by atoms with Crippen molar-refractivity contribution < 1.29 is 63.1 Å². The maximum Gasteiger partial charge on any atom is 0.311 e. The number of aliphatic imine (C=N–C) groups is 1. The van der Waals surface area contributed by atoms with Gasteiger partial charge in [-0.3, -0.25) is 9.79 Å². The summed E-state index contributed by atoms with van der Waals surface area (Å²) < 4.78 is 51.3. The van der Waals surface area contributed by atoms with Crippen molar-refractivity contribution in [2.24, 2.45) is 28.7 Å². The van der Waals surface area contributed by atoms with E-state index in [0.717, 1.165) is 19.3 Å². The predicted molar refractivity (Wildman–Crippen MR) is 226 cm³/mol. The summed E-state index contributed by atoms with van der Waals surface area (Å²) in [7, 11) is 8.64. The van der Waals surface area contributed by atoms with Crippen LogP contribution in [0.25, 0.3) is 0 Å². The number of cyclic esters (lactones) is 1. The highest BCUT2D eigenvalue weighted by molar-refractivity contribution is 5.89. The highest BCUT2D eigenvalue weighted by Gasteiger charge is 2.54. The van der Waals surface area contributed by atoms with Crippen molar-refractivity contribution in [2.75, 3.05) is 35.4 Å². The quantitative estimate of drug-likeness (QED) is 0.223. The molecule has 15 nitrogen and oxygen atoms in total. The van der Waals surface area contributed by atoms with Gasteiger partial charge in [-0.15, -0.1) is 0 Å².